The van der Waals surface area contributed by atoms with Gasteiger partial charge in [-0.05, 0) is 18.6 Å². The van der Waals surface area contributed by atoms with Gasteiger partial charge in [-0.3, -0.25) is 0 Å². The first-order valence-corrected chi connectivity index (χ1v) is 5.59. The number of rotatable bonds is 5. The van der Waals surface area contributed by atoms with Crippen LogP contribution in [0.25, 0.3) is 0 Å². The number of hydrogen-bond acceptors (Lipinski definition) is 2. The van der Waals surface area contributed by atoms with Crippen LogP contribution < -0.4 is 0 Å². The molecular weight excluding hydrogens is 278 g/mol. The molecule has 0 aliphatic carbocycles. The molecule has 96 valence electrons. The highest BCUT2D eigenvalue weighted by molar-refractivity contribution is 6.32. The lowest BCUT2D eigenvalue weighted by molar-refractivity contribution is -0.138. The van der Waals surface area contributed by atoms with Gasteiger partial charge in [-0.15, -0.1) is 0 Å². The molecule has 1 rings (SSSR count). The number of halogens is 5. The van der Waals surface area contributed by atoms with E-state index in [1.807, 2.05) is 0 Å². The Morgan fingerprint density at radius 1 is 1.24 bits per heavy atom. The second kappa shape index (κ2) is 6.42. The summed E-state index contributed by atoms with van der Waals surface area (Å²) >= 11 is 11.4. The van der Waals surface area contributed by atoms with Gasteiger partial charge in [-0.25, -0.2) is 4.98 Å². The van der Waals surface area contributed by atoms with Crippen LogP contribution in [0.2, 0.25) is 10.2 Å². The first-order chi connectivity index (χ1) is 7.88. The van der Waals surface area contributed by atoms with Crippen LogP contribution in [-0.4, -0.2) is 17.8 Å². The summed E-state index contributed by atoms with van der Waals surface area (Å²) in [6.45, 7) is 0.0568. The highest BCUT2D eigenvalue weighted by atomic mass is 35.5. The van der Waals surface area contributed by atoms with Crippen LogP contribution >= 0.6 is 23.2 Å². The second-order valence-corrected chi connectivity index (χ2v) is 4.13. The minimum absolute atomic E-state index is 0.00400. The molecule has 0 aliphatic rings. The lowest BCUT2D eigenvalue weighted by Gasteiger charge is -2.07. The molecule has 0 radical (unpaired) electrons. The van der Waals surface area contributed by atoms with Crippen LogP contribution in [0.5, 0.6) is 0 Å². The van der Waals surface area contributed by atoms with Gasteiger partial charge in [0.25, 0.3) is 0 Å². The average Bonchev–Trinajstić information content (AvgIpc) is 2.21. The maximum atomic E-state index is 11.8. The van der Waals surface area contributed by atoms with E-state index in [1.165, 1.54) is 6.07 Å². The van der Waals surface area contributed by atoms with Crippen molar-refractivity contribution in [2.24, 2.45) is 0 Å². The molecule has 0 saturated heterocycles. The predicted octanol–water partition coefficient (Wildman–Crippen LogP) is 4.25. The molecular formula is C10H10Cl2F3NO. The fourth-order valence-corrected chi connectivity index (χ4v) is 1.43. The van der Waals surface area contributed by atoms with Crippen molar-refractivity contribution in [3.8, 4) is 0 Å². The SMILES string of the molecule is FC(F)(F)CCCOCc1nc(Cl)ccc1Cl. The van der Waals surface area contributed by atoms with Gasteiger partial charge in [0, 0.05) is 13.0 Å². The maximum Gasteiger partial charge on any atom is 0.389 e. The molecule has 0 unspecified atom stereocenters. The van der Waals surface area contributed by atoms with E-state index in [0.29, 0.717) is 10.7 Å². The van der Waals surface area contributed by atoms with Crippen molar-refractivity contribution in [2.75, 3.05) is 6.61 Å². The molecule has 7 heteroatoms. The van der Waals surface area contributed by atoms with Gasteiger partial charge in [-0.1, -0.05) is 23.2 Å². The van der Waals surface area contributed by atoms with Gasteiger partial charge in [-0.2, -0.15) is 13.2 Å². The number of hydrogen-bond donors (Lipinski definition) is 0. The third-order valence-electron chi connectivity index (χ3n) is 1.87. The van der Waals surface area contributed by atoms with Crippen molar-refractivity contribution < 1.29 is 17.9 Å². The molecule has 0 amide bonds. The molecule has 1 aromatic heterocycles. The molecule has 0 atom stereocenters. The van der Waals surface area contributed by atoms with E-state index in [2.05, 4.69) is 4.98 Å². The van der Waals surface area contributed by atoms with Crippen molar-refractivity contribution in [1.82, 2.24) is 4.98 Å². The Bertz CT molecular complexity index is 371. The van der Waals surface area contributed by atoms with E-state index in [-0.39, 0.29) is 24.8 Å². The molecule has 0 aromatic carbocycles. The molecule has 1 aromatic rings. The van der Waals surface area contributed by atoms with Crippen molar-refractivity contribution in [3.63, 3.8) is 0 Å². The Morgan fingerprint density at radius 2 is 1.94 bits per heavy atom. The summed E-state index contributed by atoms with van der Waals surface area (Å²) in [5, 5.41) is 0.647. The summed E-state index contributed by atoms with van der Waals surface area (Å²) in [7, 11) is 0. The Morgan fingerprint density at radius 3 is 2.59 bits per heavy atom. The molecule has 1 heterocycles. The zero-order chi connectivity index (χ0) is 12.9. The first-order valence-electron chi connectivity index (χ1n) is 4.84. The number of pyridine rings is 1. The Hall–Kier alpha value is -0.520. The van der Waals surface area contributed by atoms with Gasteiger partial charge in [0.2, 0.25) is 0 Å². The molecule has 0 spiro atoms. The average molecular weight is 288 g/mol. The fourth-order valence-electron chi connectivity index (χ4n) is 1.10. The molecule has 0 aliphatic heterocycles. The number of ether oxygens (including phenoxy) is 1. The third-order valence-corrected chi connectivity index (χ3v) is 2.43. The summed E-state index contributed by atoms with van der Waals surface area (Å²) in [5.74, 6) is 0. The maximum absolute atomic E-state index is 11.8. The highest BCUT2D eigenvalue weighted by Gasteiger charge is 2.25. The lowest BCUT2D eigenvalue weighted by atomic mass is 10.3. The topological polar surface area (TPSA) is 22.1 Å². The van der Waals surface area contributed by atoms with E-state index in [1.54, 1.807) is 6.07 Å². The van der Waals surface area contributed by atoms with Crippen LogP contribution in [0.1, 0.15) is 18.5 Å². The van der Waals surface area contributed by atoms with Crippen molar-refractivity contribution in [1.29, 1.82) is 0 Å². The van der Waals surface area contributed by atoms with E-state index in [4.69, 9.17) is 27.9 Å². The highest BCUT2D eigenvalue weighted by Crippen LogP contribution is 2.21. The Balaban J connectivity index is 2.29. The second-order valence-electron chi connectivity index (χ2n) is 3.33. The van der Waals surface area contributed by atoms with Crippen LogP contribution in [-0.2, 0) is 11.3 Å². The van der Waals surface area contributed by atoms with Gasteiger partial charge < -0.3 is 4.74 Å². The van der Waals surface area contributed by atoms with Crippen molar-refractivity contribution >= 4 is 23.2 Å². The van der Waals surface area contributed by atoms with Crippen LogP contribution in [0.15, 0.2) is 12.1 Å². The zero-order valence-electron chi connectivity index (χ0n) is 8.73. The smallest absolute Gasteiger partial charge is 0.375 e. The van der Waals surface area contributed by atoms with E-state index >= 15 is 0 Å². The standard InChI is InChI=1S/C10H10Cl2F3NO/c11-7-2-3-9(12)16-8(7)6-17-5-1-4-10(13,14)15/h2-3H,1,4-6H2. The van der Waals surface area contributed by atoms with Crippen molar-refractivity contribution in [3.05, 3.63) is 28.0 Å². The van der Waals surface area contributed by atoms with Gasteiger partial charge in [0.05, 0.1) is 17.3 Å². The Kier molecular flexibility index (Phi) is 5.49. The molecule has 17 heavy (non-hydrogen) atoms. The van der Waals surface area contributed by atoms with Crippen LogP contribution in [0.4, 0.5) is 13.2 Å². The van der Waals surface area contributed by atoms with E-state index < -0.39 is 12.6 Å². The predicted molar refractivity (Wildman–Crippen MR) is 59.2 cm³/mol. The zero-order valence-corrected chi connectivity index (χ0v) is 10.2. The largest absolute Gasteiger partial charge is 0.389 e. The van der Waals surface area contributed by atoms with Gasteiger partial charge in [0.1, 0.15) is 5.15 Å². The van der Waals surface area contributed by atoms with Crippen molar-refractivity contribution in [2.45, 2.75) is 25.6 Å². The van der Waals surface area contributed by atoms with Gasteiger partial charge >= 0.3 is 6.18 Å². The quantitative estimate of drug-likeness (QED) is 0.597. The number of alkyl halides is 3. The molecule has 0 bridgehead atoms. The third kappa shape index (κ3) is 6.10. The summed E-state index contributed by atoms with van der Waals surface area (Å²) in [4.78, 5) is 3.91. The lowest BCUT2D eigenvalue weighted by Crippen LogP contribution is -2.09. The minimum atomic E-state index is -4.14. The first kappa shape index (κ1) is 14.5. The van der Waals surface area contributed by atoms with E-state index in [0.717, 1.165) is 0 Å². The fraction of sp³-hybridized carbons (Fsp3) is 0.500. The summed E-state index contributed by atoms with van der Waals surface area (Å²) in [6, 6.07) is 3.09. The molecule has 0 saturated carbocycles. The summed E-state index contributed by atoms with van der Waals surface area (Å²) in [6.07, 6.45) is -5.08. The molecule has 0 fully saturated rings. The monoisotopic (exact) mass is 287 g/mol. The minimum Gasteiger partial charge on any atom is -0.375 e. The summed E-state index contributed by atoms with van der Waals surface area (Å²) < 4.78 is 40.5. The van der Waals surface area contributed by atoms with Gasteiger partial charge in [0.15, 0.2) is 0 Å². The van der Waals surface area contributed by atoms with Crippen LogP contribution in [0, 0.1) is 0 Å². The molecule has 0 N–H and O–H groups in total. The number of nitrogens with zero attached hydrogens (tertiary/aromatic N) is 1. The summed E-state index contributed by atoms with van der Waals surface area (Å²) in [5.41, 5.74) is 0.422. The number of aromatic nitrogens is 1. The Labute approximate surface area is 107 Å². The van der Waals surface area contributed by atoms with E-state index in [9.17, 15) is 13.2 Å². The normalized spacial score (nSPS) is 11.8. The van der Waals surface area contributed by atoms with Crippen LogP contribution in [0.3, 0.4) is 0 Å². The molecule has 2 nitrogen and oxygen atoms in total.